The van der Waals surface area contributed by atoms with Crippen LogP contribution in [0.4, 0.5) is 4.79 Å². The number of nitrogens with one attached hydrogen (secondary N) is 1. The summed E-state index contributed by atoms with van der Waals surface area (Å²) in [6.07, 6.45) is 2.31. The molecule has 0 bridgehead atoms. The zero-order valence-electron chi connectivity index (χ0n) is 14.7. The van der Waals surface area contributed by atoms with E-state index in [0.717, 1.165) is 12.8 Å². The lowest BCUT2D eigenvalue weighted by atomic mass is 10.0. The maximum Gasteiger partial charge on any atom is 0.410 e. The minimum atomic E-state index is -0.511. The normalized spacial score (nSPS) is 22.1. The van der Waals surface area contributed by atoms with E-state index >= 15 is 0 Å². The molecule has 3 rings (SSSR count). The standard InChI is InChI=1S/C19H26N2O3/c1-18(2,3)24-17(23)21-12-9-14(13-21)16(22)20-19(10-11-19)15-7-5-4-6-8-15/h4-8,14H,9-13H2,1-3H3,(H,20,22). The second-order valence-electron chi connectivity index (χ2n) is 7.85. The zero-order valence-corrected chi connectivity index (χ0v) is 14.7. The van der Waals surface area contributed by atoms with E-state index in [0.29, 0.717) is 19.5 Å². The third-order valence-corrected chi connectivity index (χ3v) is 4.65. The van der Waals surface area contributed by atoms with Gasteiger partial charge < -0.3 is 15.0 Å². The molecule has 24 heavy (non-hydrogen) atoms. The molecule has 1 saturated carbocycles. The van der Waals surface area contributed by atoms with Gasteiger partial charge in [-0.3, -0.25) is 4.79 Å². The molecule has 2 aliphatic rings. The predicted molar refractivity (Wildman–Crippen MR) is 91.4 cm³/mol. The van der Waals surface area contributed by atoms with Crippen molar-refractivity contribution in [3.63, 3.8) is 0 Å². The minimum absolute atomic E-state index is 0.0439. The van der Waals surface area contributed by atoms with E-state index in [1.807, 2.05) is 39.0 Å². The van der Waals surface area contributed by atoms with E-state index in [4.69, 9.17) is 4.74 Å². The highest BCUT2D eigenvalue weighted by Crippen LogP contribution is 2.45. The number of nitrogens with zero attached hydrogens (tertiary/aromatic N) is 1. The van der Waals surface area contributed by atoms with E-state index in [1.54, 1.807) is 4.90 Å². The van der Waals surface area contributed by atoms with Crippen LogP contribution in [-0.4, -0.2) is 35.6 Å². The van der Waals surface area contributed by atoms with Crippen LogP contribution in [0.25, 0.3) is 0 Å². The molecular formula is C19H26N2O3. The Kier molecular flexibility index (Phi) is 4.28. The molecule has 1 atom stereocenters. The number of ether oxygens (including phenoxy) is 1. The van der Waals surface area contributed by atoms with E-state index in [-0.39, 0.29) is 23.5 Å². The second-order valence-corrected chi connectivity index (χ2v) is 7.85. The van der Waals surface area contributed by atoms with Gasteiger partial charge in [0, 0.05) is 13.1 Å². The molecule has 1 saturated heterocycles. The number of hydrogen-bond donors (Lipinski definition) is 1. The summed E-state index contributed by atoms with van der Waals surface area (Å²) in [6, 6.07) is 10.1. The molecule has 1 N–H and O–H groups in total. The van der Waals surface area contributed by atoms with Crippen molar-refractivity contribution in [1.82, 2.24) is 10.2 Å². The lowest BCUT2D eigenvalue weighted by molar-refractivity contribution is -0.125. The largest absolute Gasteiger partial charge is 0.444 e. The number of likely N-dealkylation sites (tertiary alicyclic amines) is 1. The first kappa shape index (κ1) is 16.8. The molecule has 1 heterocycles. The zero-order chi connectivity index (χ0) is 17.4. The Morgan fingerprint density at radius 1 is 1.21 bits per heavy atom. The first-order chi connectivity index (χ1) is 11.3. The van der Waals surface area contributed by atoms with Gasteiger partial charge in [-0.05, 0) is 45.6 Å². The average molecular weight is 330 g/mol. The molecule has 2 fully saturated rings. The minimum Gasteiger partial charge on any atom is -0.444 e. The Labute approximate surface area is 143 Å². The lowest BCUT2D eigenvalue weighted by Crippen LogP contribution is -2.41. The van der Waals surface area contributed by atoms with Gasteiger partial charge >= 0.3 is 6.09 Å². The van der Waals surface area contributed by atoms with Gasteiger partial charge in [-0.2, -0.15) is 0 Å². The van der Waals surface area contributed by atoms with Gasteiger partial charge in [-0.25, -0.2) is 4.79 Å². The maximum absolute atomic E-state index is 12.6. The first-order valence-electron chi connectivity index (χ1n) is 8.65. The molecular weight excluding hydrogens is 304 g/mol. The fourth-order valence-electron chi connectivity index (χ4n) is 3.17. The van der Waals surface area contributed by atoms with Crippen LogP contribution in [0.5, 0.6) is 0 Å². The van der Waals surface area contributed by atoms with Gasteiger partial charge in [-0.1, -0.05) is 30.3 Å². The van der Waals surface area contributed by atoms with E-state index in [9.17, 15) is 9.59 Å². The van der Waals surface area contributed by atoms with Crippen molar-refractivity contribution in [3.05, 3.63) is 35.9 Å². The van der Waals surface area contributed by atoms with Gasteiger partial charge in [0.1, 0.15) is 5.60 Å². The molecule has 130 valence electrons. The molecule has 1 aromatic rings. The van der Waals surface area contributed by atoms with Crippen LogP contribution in [0.2, 0.25) is 0 Å². The smallest absolute Gasteiger partial charge is 0.410 e. The number of rotatable bonds is 3. The van der Waals surface area contributed by atoms with Crippen LogP contribution in [0.3, 0.4) is 0 Å². The topological polar surface area (TPSA) is 58.6 Å². The molecule has 0 aromatic heterocycles. The van der Waals surface area contributed by atoms with Crippen molar-refractivity contribution in [2.24, 2.45) is 5.92 Å². The third kappa shape index (κ3) is 3.71. The number of benzene rings is 1. The van der Waals surface area contributed by atoms with Crippen LogP contribution >= 0.6 is 0 Å². The lowest BCUT2D eigenvalue weighted by Gasteiger charge is -2.24. The summed E-state index contributed by atoms with van der Waals surface area (Å²) < 4.78 is 5.39. The summed E-state index contributed by atoms with van der Waals surface area (Å²) in [4.78, 5) is 26.4. The van der Waals surface area contributed by atoms with Crippen molar-refractivity contribution in [1.29, 1.82) is 0 Å². The molecule has 2 amide bonds. The Morgan fingerprint density at radius 2 is 1.88 bits per heavy atom. The quantitative estimate of drug-likeness (QED) is 0.927. The number of carbonyl (C=O) groups is 2. The molecule has 1 aliphatic heterocycles. The SMILES string of the molecule is CC(C)(C)OC(=O)N1CCC(C(=O)NC2(c3ccccc3)CC2)C1. The third-order valence-electron chi connectivity index (χ3n) is 4.65. The van der Waals surface area contributed by atoms with Crippen molar-refractivity contribution >= 4 is 12.0 Å². The summed E-state index contributed by atoms with van der Waals surface area (Å²) in [5, 5.41) is 3.22. The van der Waals surface area contributed by atoms with Crippen molar-refractivity contribution < 1.29 is 14.3 Å². The monoisotopic (exact) mass is 330 g/mol. The van der Waals surface area contributed by atoms with Gasteiger partial charge in [0.05, 0.1) is 11.5 Å². The van der Waals surface area contributed by atoms with Crippen molar-refractivity contribution in [2.45, 2.75) is 51.2 Å². The van der Waals surface area contributed by atoms with Crippen LogP contribution in [0, 0.1) is 5.92 Å². The molecule has 0 spiro atoms. The van der Waals surface area contributed by atoms with Gasteiger partial charge in [0.25, 0.3) is 0 Å². The van der Waals surface area contributed by atoms with Crippen LogP contribution in [0.1, 0.15) is 45.6 Å². The van der Waals surface area contributed by atoms with E-state index in [1.165, 1.54) is 5.56 Å². The van der Waals surface area contributed by atoms with Crippen molar-refractivity contribution in [2.75, 3.05) is 13.1 Å². The molecule has 1 aromatic carbocycles. The van der Waals surface area contributed by atoms with E-state index < -0.39 is 5.60 Å². The molecule has 1 unspecified atom stereocenters. The summed E-state index contributed by atoms with van der Waals surface area (Å²) in [5.74, 6) is -0.110. The van der Waals surface area contributed by atoms with Crippen LogP contribution in [-0.2, 0) is 15.1 Å². The highest BCUT2D eigenvalue weighted by molar-refractivity contribution is 5.82. The summed E-state index contributed by atoms with van der Waals surface area (Å²) in [5.41, 5.74) is 0.459. The Bertz CT molecular complexity index is 617. The van der Waals surface area contributed by atoms with Crippen LogP contribution < -0.4 is 5.32 Å². The van der Waals surface area contributed by atoms with Gasteiger partial charge in [0.15, 0.2) is 0 Å². The Balaban J connectivity index is 1.57. The molecule has 5 nitrogen and oxygen atoms in total. The highest BCUT2D eigenvalue weighted by atomic mass is 16.6. The predicted octanol–water partition coefficient (Wildman–Crippen LogP) is 3.05. The first-order valence-corrected chi connectivity index (χ1v) is 8.65. The molecule has 0 radical (unpaired) electrons. The molecule has 1 aliphatic carbocycles. The van der Waals surface area contributed by atoms with Gasteiger partial charge in [-0.15, -0.1) is 0 Å². The number of hydrogen-bond acceptors (Lipinski definition) is 3. The second kappa shape index (κ2) is 6.11. The fraction of sp³-hybridized carbons (Fsp3) is 0.579. The average Bonchev–Trinajstić information content (AvgIpc) is 3.11. The molecule has 5 heteroatoms. The summed E-state index contributed by atoms with van der Waals surface area (Å²) >= 11 is 0. The summed E-state index contributed by atoms with van der Waals surface area (Å²) in [6.45, 7) is 6.56. The number of amides is 2. The Morgan fingerprint density at radius 3 is 2.46 bits per heavy atom. The van der Waals surface area contributed by atoms with Crippen molar-refractivity contribution in [3.8, 4) is 0 Å². The van der Waals surface area contributed by atoms with Gasteiger partial charge in [0.2, 0.25) is 5.91 Å². The fourth-order valence-corrected chi connectivity index (χ4v) is 3.17. The highest BCUT2D eigenvalue weighted by Gasteiger charge is 2.47. The Hall–Kier alpha value is -2.04. The van der Waals surface area contributed by atoms with Crippen LogP contribution in [0.15, 0.2) is 30.3 Å². The number of carbonyl (C=O) groups excluding carboxylic acids is 2. The van der Waals surface area contributed by atoms with E-state index in [2.05, 4.69) is 17.4 Å². The maximum atomic E-state index is 12.6. The summed E-state index contributed by atoms with van der Waals surface area (Å²) in [7, 11) is 0.